The van der Waals surface area contributed by atoms with E-state index in [1.165, 1.54) is 4.90 Å². The highest BCUT2D eigenvalue weighted by molar-refractivity contribution is 6.36. The number of nitrogens with zero attached hydrogens (tertiary/aromatic N) is 2. The number of aliphatic imine (C=N–C) groups is 1. The molecule has 1 heterocycles. The van der Waals surface area contributed by atoms with Crippen molar-refractivity contribution in [1.82, 2.24) is 0 Å². The second kappa shape index (κ2) is 11.1. The Morgan fingerprint density at radius 1 is 0.786 bits per heavy atom. The third kappa shape index (κ3) is 5.01. The fourth-order valence-corrected chi connectivity index (χ4v) is 5.29. The van der Waals surface area contributed by atoms with Gasteiger partial charge in [-0.3, -0.25) is 9.59 Å². The highest BCUT2D eigenvalue weighted by Gasteiger charge is 2.34. The van der Waals surface area contributed by atoms with Crippen LogP contribution in [0.5, 0.6) is 5.75 Å². The lowest BCUT2D eigenvalue weighted by Crippen LogP contribution is -2.40. The number of ether oxygens (including phenoxy) is 1. The van der Waals surface area contributed by atoms with Crippen molar-refractivity contribution in [2.24, 2.45) is 16.5 Å². The molecule has 5 aromatic rings. The average molecular weight is 556 g/mol. The number of carbonyl (C=O) groups is 2. The van der Waals surface area contributed by atoms with Crippen LogP contribution < -0.4 is 26.4 Å². The highest BCUT2D eigenvalue weighted by Crippen LogP contribution is 2.37. The molecule has 208 valence electrons. The fraction of sp³-hybridized carbons (Fsp3) is 0.0882. The topological polar surface area (TPSA) is 123 Å². The molecule has 0 spiro atoms. The quantitative estimate of drug-likeness (QED) is 0.128. The Bertz CT molecular complexity index is 1820. The minimum atomic E-state index is -0.347. The van der Waals surface area contributed by atoms with E-state index in [0.29, 0.717) is 35.3 Å². The molecule has 0 aromatic heterocycles. The number of methoxy groups -OCH3 is 1. The van der Waals surface area contributed by atoms with Gasteiger partial charge < -0.3 is 21.5 Å². The molecule has 0 bridgehead atoms. The number of nitrogens with one attached hydrogen (secondary N) is 1. The number of hydrogen-bond donors (Lipinski definition) is 3. The van der Waals surface area contributed by atoms with Crippen LogP contribution in [0.2, 0.25) is 0 Å². The Morgan fingerprint density at radius 3 is 2.12 bits per heavy atom. The molecular weight excluding hydrogens is 526 g/mol. The number of imide groups is 1. The van der Waals surface area contributed by atoms with E-state index in [1.807, 2.05) is 78.9 Å². The van der Waals surface area contributed by atoms with Gasteiger partial charge in [0.15, 0.2) is 5.96 Å². The van der Waals surface area contributed by atoms with E-state index in [9.17, 15) is 9.59 Å². The van der Waals surface area contributed by atoms with Crippen molar-refractivity contribution in [3.8, 4) is 16.9 Å². The SMILES string of the molecule is COc1ccc(-c2ccc(N3C(=O)c4cccc5c(NCc6cccc(CN=C(N)N)c6)ccc(c45)C3=O)cc2)cc1. The van der Waals surface area contributed by atoms with Crippen molar-refractivity contribution in [3.05, 3.63) is 125 Å². The highest BCUT2D eigenvalue weighted by atomic mass is 16.5. The fourth-order valence-electron chi connectivity index (χ4n) is 5.29. The van der Waals surface area contributed by atoms with Crippen molar-refractivity contribution in [1.29, 1.82) is 0 Å². The molecule has 0 radical (unpaired) electrons. The Labute approximate surface area is 243 Å². The second-order valence-electron chi connectivity index (χ2n) is 10.0. The second-order valence-corrected chi connectivity index (χ2v) is 10.0. The van der Waals surface area contributed by atoms with Crippen LogP contribution in [0.25, 0.3) is 21.9 Å². The summed E-state index contributed by atoms with van der Waals surface area (Å²) in [6.07, 6.45) is 0. The summed E-state index contributed by atoms with van der Waals surface area (Å²) in [6.45, 7) is 0.949. The summed E-state index contributed by atoms with van der Waals surface area (Å²) in [6, 6.07) is 32.4. The summed E-state index contributed by atoms with van der Waals surface area (Å²) in [5, 5.41) is 4.95. The number of anilines is 2. The molecule has 1 aliphatic rings. The van der Waals surface area contributed by atoms with Crippen molar-refractivity contribution in [2.45, 2.75) is 13.1 Å². The zero-order valence-corrected chi connectivity index (χ0v) is 23.0. The Balaban J connectivity index is 1.27. The molecular formula is C34H29N5O3. The number of carbonyl (C=O) groups excluding carboxylic acids is 2. The van der Waals surface area contributed by atoms with Crippen LogP contribution in [0.4, 0.5) is 11.4 Å². The number of rotatable bonds is 8. The molecule has 1 aliphatic heterocycles. The van der Waals surface area contributed by atoms with Gasteiger partial charge in [-0.05, 0) is 64.7 Å². The smallest absolute Gasteiger partial charge is 0.265 e. The van der Waals surface area contributed by atoms with Crippen LogP contribution in [0, 0.1) is 0 Å². The summed E-state index contributed by atoms with van der Waals surface area (Å²) in [5.41, 5.74) is 17.3. The standard InChI is InChI=1S/C34H29N5O3/c1-42-26-14-10-24(11-15-26)23-8-12-25(13-9-23)39-32(40)28-7-3-6-27-30(17-16-29(31(27)28)33(39)41)37-19-21-4-2-5-22(18-21)20-38-34(35)36/h2-18,37H,19-20H2,1H3,(H4,35,36,38). The van der Waals surface area contributed by atoms with Gasteiger partial charge in [-0.1, -0.05) is 60.7 Å². The van der Waals surface area contributed by atoms with E-state index < -0.39 is 0 Å². The molecule has 0 saturated carbocycles. The molecule has 0 unspecified atom stereocenters. The summed E-state index contributed by atoms with van der Waals surface area (Å²) in [7, 11) is 1.63. The molecule has 0 fully saturated rings. The van der Waals surface area contributed by atoms with E-state index in [2.05, 4.69) is 10.3 Å². The number of benzene rings is 5. The first kappa shape index (κ1) is 26.6. The number of amides is 2. The molecule has 6 rings (SSSR count). The summed E-state index contributed by atoms with van der Waals surface area (Å²) in [4.78, 5) is 32.8. The van der Waals surface area contributed by atoms with Crippen LogP contribution in [-0.4, -0.2) is 24.9 Å². The van der Waals surface area contributed by atoms with E-state index >= 15 is 0 Å². The van der Waals surface area contributed by atoms with Gasteiger partial charge in [0.25, 0.3) is 11.8 Å². The Hall–Kier alpha value is -5.63. The molecule has 0 atom stereocenters. The number of hydrogen-bond acceptors (Lipinski definition) is 5. The lowest BCUT2D eigenvalue weighted by molar-refractivity contribution is 0.0893. The van der Waals surface area contributed by atoms with Crippen LogP contribution in [0.1, 0.15) is 31.8 Å². The van der Waals surface area contributed by atoms with Gasteiger partial charge in [-0.15, -0.1) is 0 Å². The van der Waals surface area contributed by atoms with Gasteiger partial charge in [0.1, 0.15) is 5.75 Å². The normalized spacial score (nSPS) is 12.4. The number of guanidine groups is 1. The van der Waals surface area contributed by atoms with Crippen LogP contribution >= 0.6 is 0 Å². The van der Waals surface area contributed by atoms with E-state index in [-0.39, 0.29) is 17.8 Å². The lowest BCUT2D eigenvalue weighted by Gasteiger charge is -2.28. The minimum absolute atomic E-state index is 0.0515. The summed E-state index contributed by atoms with van der Waals surface area (Å²) >= 11 is 0. The van der Waals surface area contributed by atoms with Crippen LogP contribution in [-0.2, 0) is 13.1 Å². The van der Waals surface area contributed by atoms with Crippen LogP contribution in [0.3, 0.4) is 0 Å². The predicted octanol–water partition coefficient (Wildman–Crippen LogP) is 5.70. The molecule has 5 N–H and O–H groups in total. The Morgan fingerprint density at radius 2 is 1.43 bits per heavy atom. The molecule has 5 aromatic carbocycles. The molecule has 8 nitrogen and oxygen atoms in total. The summed E-state index contributed by atoms with van der Waals surface area (Å²) in [5.74, 6) is 0.134. The van der Waals surface area contributed by atoms with Gasteiger partial charge in [-0.25, -0.2) is 9.89 Å². The third-order valence-electron chi connectivity index (χ3n) is 7.38. The molecule has 0 saturated heterocycles. The van der Waals surface area contributed by atoms with Gasteiger partial charge >= 0.3 is 0 Å². The molecule has 2 amide bonds. The Kier molecular flexibility index (Phi) is 7.02. The van der Waals surface area contributed by atoms with Crippen molar-refractivity contribution < 1.29 is 14.3 Å². The summed E-state index contributed by atoms with van der Waals surface area (Å²) < 4.78 is 5.24. The van der Waals surface area contributed by atoms with Gasteiger partial charge in [0.2, 0.25) is 0 Å². The van der Waals surface area contributed by atoms with Crippen molar-refractivity contribution in [2.75, 3.05) is 17.3 Å². The largest absolute Gasteiger partial charge is 0.497 e. The zero-order valence-electron chi connectivity index (χ0n) is 23.0. The van der Waals surface area contributed by atoms with Gasteiger partial charge in [0, 0.05) is 34.1 Å². The van der Waals surface area contributed by atoms with E-state index in [0.717, 1.165) is 39.1 Å². The lowest BCUT2D eigenvalue weighted by atomic mass is 9.92. The monoisotopic (exact) mass is 555 g/mol. The van der Waals surface area contributed by atoms with Gasteiger partial charge in [-0.2, -0.15) is 0 Å². The average Bonchev–Trinajstić information content (AvgIpc) is 3.02. The predicted molar refractivity (Wildman–Crippen MR) is 167 cm³/mol. The maximum absolute atomic E-state index is 13.7. The van der Waals surface area contributed by atoms with Crippen LogP contribution in [0.15, 0.2) is 108 Å². The maximum atomic E-state index is 13.7. The minimum Gasteiger partial charge on any atom is -0.497 e. The first-order valence-electron chi connectivity index (χ1n) is 13.5. The molecule has 8 heteroatoms. The maximum Gasteiger partial charge on any atom is 0.265 e. The molecule has 0 aliphatic carbocycles. The van der Waals surface area contributed by atoms with Crippen molar-refractivity contribution >= 4 is 39.9 Å². The molecule has 42 heavy (non-hydrogen) atoms. The number of nitrogens with two attached hydrogens (primary N) is 2. The van der Waals surface area contributed by atoms with Crippen molar-refractivity contribution in [3.63, 3.8) is 0 Å². The third-order valence-corrected chi connectivity index (χ3v) is 7.38. The first-order valence-corrected chi connectivity index (χ1v) is 13.5. The zero-order chi connectivity index (χ0) is 29.2. The van der Waals surface area contributed by atoms with E-state index in [4.69, 9.17) is 16.2 Å². The van der Waals surface area contributed by atoms with Gasteiger partial charge in [0.05, 0.1) is 19.3 Å². The van der Waals surface area contributed by atoms with E-state index in [1.54, 1.807) is 31.4 Å². The first-order chi connectivity index (χ1) is 20.4.